The molecule has 1 amide bonds. The highest BCUT2D eigenvalue weighted by atomic mass is 79.9. The molecule has 0 saturated heterocycles. The summed E-state index contributed by atoms with van der Waals surface area (Å²) in [7, 11) is 0. The van der Waals surface area contributed by atoms with Crippen LogP contribution < -0.4 is 5.32 Å². The van der Waals surface area contributed by atoms with Crippen molar-refractivity contribution in [3.63, 3.8) is 0 Å². The quantitative estimate of drug-likeness (QED) is 0.942. The normalized spacial score (nSPS) is 10.5. The van der Waals surface area contributed by atoms with Crippen LogP contribution in [-0.2, 0) is 11.3 Å². The van der Waals surface area contributed by atoms with Crippen molar-refractivity contribution in [3.8, 4) is 0 Å². The van der Waals surface area contributed by atoms with E-state index in [-0.39, 0.29) is 18.1 Å². The second-order valence-corrected chi connectivity index (χ2v) is 5.12. The average molecular weight is 326 g/mol. The summed E-state index contributed by atoms with van der Waals surface area (Å²) in [5, 5.41) is 6.60. The summed E-state index contributed by atoms with van der Waals surface area (Å²) in [6.45, 7) is 3.73. The molecular weight excluding hydrogens is 313 g/mol. The summed E-state index contributed by atoms with van der Waals surface area (Å²) < 4.78 is 15.9. The molecule has 1 heterocycles. The fourth-order valence-corrected chi connectivity index (χ4v) is 1.94. The highest BCUT2D eigenvalue weighted by Gasteiger charge is 2.10. The van der Waals surface area contributed by atoms with Gasteiger partial charge in [-0.25, -0.2) is 4.39 Å². The summed E-state index contributed by atoms with van der Waals surface area (Å²) in [6.07, 6.45) is 1.62. The maximum Gasteiger partial charge on any atom is 0.246 e. The van der Waals surface area contributed by atoms with Crippen LogP contribution in [0.2, 0.25) is 0 Å². The van der Waals surface area contributed by atoms with E-state index in [0.717, 1.165) is 15.7 Å². The standard InChI is InChI=1S/C13H13BrFN3O/c1-8-3-4-11(15)12(5-8)17-13(19)7-18-9(2)10(14)6-16-18/h3-6H,7H2,1-2H3,(H,17,19). The molecule has 0 radical (unpaired) electrons. The number of carbonyl (C=O) groups excluding carboxylic acids is 1. The number of anilines is 1. The van der Waals surface area contributed by atoms with E-state index in [2.05, 4.69) is 26.3 Å². The SMILES string of the molecule is Cc1ccc(F)c(NC(=O)Cn2ncc(Br)c2C)c1. The largest absolute Gasteiger partial charge is 0.322 e. The smallest absolute Gasteiger partial charge is 0.246 e. The number of nitrogens with one attached hydrogen (secondary N) is 1. The van der Waals surface area contributed by atoms with E-state index in [1.54, 1.807) is 23.0 Å². The molecule has 0 unspecified atom stereocenters. The Bertz CT molecular complexity index is 624. The topological polar surface area (TPSA) is 46.9 Å². The molecular formula is C13H13BrFN3O. The maximum absolute atomic E-state index is 13.5. The van der Waals surface area contributed by atoms with E-state index < -0.39 is 5.82 Å². The Morgan fingerprint density at radius 1 is 1.47 bits per heavy atom. The number of aryl methyl sites for hydroxylation is 1. The fourth-order valence-electron chi connectivity index (χ4n) is 1.64. The van der Waals surface area contributed by atoms with E-state index >= 15 is 0 Å². The van der Waals surface area contributed by atoms with Crippen molar-refractivity contribution >= 4 is 27.5 Å². The number of hydrogen-bond donors (Lipinski definition) is 1. The zero-order valence-electron chi connectivity index (χ0n) is 10.6. The molecule has 19 heavy (non-hydrogen) atoms. The van der Waals surface area contributed by atoms with Crippen LogP contribution >= 0.6 is 15.9 Å². The van der Waals surface area contributed by atoms with Crippen molar-refractivity contribution in [2.24, 2.45) is 0 Å². The van der Waals surface area contributed by atoms with Crippen LogP contribution in [0.25, 0.3) is 0 Å². The third-order valence-electron chi connectivity index (χ3n) is 2.73. The second kappa shape index (κ2) is 5.52. The number of hydrogen-bond acceptors (Lipinski definition) is 2. The second-order valence-electron chi connectivity index (χ2n) is 4.27. The van der Waals surface area contributed by atoms with Gasteiger partial charge in [0.2, 0.25) is 5.91 Å². The summed E-state index contributed by atoms with van der Waals surface area (Å²) >= 11 is 3.32. The van der Waals surface area contributed by atoms with Crippen LogP contribution in [-0.4, -0.2) is 15.7 Å². The first-order valence-electron chi connectivity index (χ1n) is 5.71. The van der Waals surface area contributed by atoms with Gasteiger partial charge in [0.1, 0.15) is 12.4 Å². The number of carbonyl (C=O) groups is 1. The first-order chi connectivity index (χ1) is 8.97. The van der Waals surface area contributed by atoms with Gasteiger partial charge in [-0.2, -0.15) is 5.10 Å². The van der Waals surface area contributed by atoms with Crippen molar-refractivity contribution in [2.75, 3.05) is 5.32 Å². The lowest BCUT2D eigenvalue weighted by Gasteiger charge is -2.08. The minimum absolute atomic E-state index is 0.0464. The molecule has 2 aromatic rings. The van der Waals surface area contributed by atoms with E-state index in [0.29, 0.717) is 0 Å². The Labute approximate surface area is 118 Å². The highest BCUT2D eigenvalue weighted by Crippen LogP contribution is 2.17. The molecule has 0 saturated carbocycles. The molecule has 2 rings (SSSR count). The summed E-state index contributed by atoms with van der Waals surface area (Å²) in [5.74, 6) is -0.763. The molecule has 0 aliphatic carbocycles. The molecule has 0 aliphatic rings. The van der Waals surface area contributed by atoms with Gasteiger partial charge in [-0.1, -0.05) is 6.07 Å². The molecule has 4 nitrogen and oxygen atoms in total. The Balaban J connectivity index is 2.09. The Hall–Kier alpha value is -1.69. The molecule has 1 N–H and O–H groups in total. The monoisotopic (exact) mass is 325 g/mol. The minimum Gasteiger partial charge on any atom is -0.322 e. The van der Waals surface area contributed by atoms with Crippen molar-refractivity contribution in [2.45, 2.75) is 20.4 Å². The molecule has 1 aromatic heterocycles. The van der Waals surface area contributed by atoms with Crippen LogP contribution in [0, 0.1) is 19.7 Å². The molecule has 1 aromatic carbocycles. The number of benzene rings is 1. The molecule has 6 heteroatoms. The lowest BCUT2D eigenvalue weighted by Crippen LogP contribution is -2.20. The first kappa shape index (κ1) is 13.7. The van der Waals surface area contributed by atoms with E-state index in [1.165, 1.54) is 6.07 Å². The van der Waals surface area contributed by atoms with Crippen LogP contribution in [0.15, 0.2) is 28.9 Å². The Morgan fingerprint density at radius 3 is 2.84 bits per heavy atom. The lowest BCUT2D eigenvalue weighted by molar-refractivity contribution is -0.117. The van der Waals surface area contributed by atoms with Crippen LogP contribution in [0.4, 0.5) is 10.1 Å². The van der Waals surface area contributed by atoms with Crippen LogP contribution in [0.5, 0.6) is 0 Å². The Kier molecular flexibility index (Phi) is 3.99. The van der Waals surface area contributed by atoms with Gasteiger partial charge in [-0.15, -0.1) is 0 Å². The number of amides is 1. The summed E-state index contributed by atoms with van der Waals surface area (Å²) in [4.78, 5) is 11.9. The van der Waals surface area contributed by atoms with Gasteiger partial charge >= 0.3 is 0 Å². The zero-order chi connectivity index (χ0) is 14.0. The van der Waals surface area contributed by atoms with E-state index in [4.69, 9.17) is 0 Å². The molecule has 100 valence electrons. The summed E-state index contributed by atoms with van der Waals surface area (Å²) in [5.41, 5.74) is 1.92. The number of aromatic nitrogens is 2. The molecule has 0 aliphatic heterocycles. The fraction of sp³-hybridized carbons (Fsp3) is 0.231. The van der Waals surface area contributed by atoms with E-state index in [1.807, 2.05) is 13.8 Å². The third kappa shape index (κ3) is 3.20. The minimum atomic E-state index is -0.447. The van der Waals surface area contributed by atoms with Crippen LogP contribution in [0.3, 0.4) is 0 Å². The Morgan fingerprint density at radius 2 is 2.21 bits per heavy atom. The van der Waals surface area contributed by atoms with Gasteiger partial charge < -0.3 is 5.32 Å². The summed E-state index contributed by atoms with van der Waals surface area (Å²) in [6, 6.07) is 4.58. The van der Waals surface area contributed by atoms with Crippen molar-refractivity contribution in [3.05, 3.63) is 45.9 Å². The molecule has 0 atom stereocenters. The highest BCUT2D eigenvalue weighted by molar-refractivity contribution is 9.10. The third-order valence-corrected chi connectivity index (χ3v) is 3.51. The van der Waals surface area contributed by atoms with Gasteiger partial charge in [0.25, 0.3) is 0 Å². The predicted molar refractivity (Wildman–Crippen MR) is 74.4 cm³/mol. The number of nitrogens with zero attached hydrogens (tertiary/aromatic N) is 2. The van der Waals surface area contributed by atoms with Crippen LogP contribution in [0.1, 0.15) is 11.3 Å². The lowest BCUT2D eigenvalue weighted by atomic mass is 10.2. The van der Waals surface area contributed by atoms with Gasteiger partial charge in [0.05, 0.1) is 22.1 Å². The van der Waals surface area contributed by atoms with Gasteiger partial charge in [0.15, 0.2) is 0 Å². The van der Waals surface area contributed by atoms with Crippen molar-refractivity contribution in [1.29, 1.82) is 0 Å². The van der Waals surface area contributed by atoms with Gasteiger partial charge in [-0.3, -0.25) is 9.48 Å². The zero-order valence-corrected chi connectivity index (χ0v) is 12.2. The molecule has 0 spiro atoms. The van der Waals surface area contributed by atoms with Gasteiger partial charge in [-0.05, 0) is 47.5 Å². The number of halogens is 2. The average Bonchev–Trinajstić information content (AvgIpc) is 2.66. The van der Waals surface area contributed by atoms with Gasteiger partial charge in [0, 0.05) is 0 Å². The number of rotatable bonds is 3. The van der Waals surface area contributed by atoms with Crippen molar-refractivity contribution in [1.82, 2.24) is 9.78 Å². The first-order valence-corrected chi connectivity index (χ1v) is 6.50. The molecule has 0 fully saturated rings. The predicted octanol–water partition coefficient (Wildman–Crippen LogP) is 3.04. The molecule has 0 bridgehead atoms. The van der Waals surface area contributed by atoms with Crippen molar-refractivity contribution < 1.29 is 9.18 Å². The maximum atomic E-state index is 13.5. The van der Waals surface area contributed by atoms with E-state index in [9.17, 15) is 9.18 Å².